The molecule has 2 aromatic heterocycles. The lowest BCUT2D eigenvalue weighted by Crippen LogP contribution is -2.16. The number of rotatable bonds is 3. The maximum Gasteiger partial charge on any atom is 0.258 e. The molecule has 0 unspecified atom stereocenters. The predicted molar refractivity (Wildman–Crippen MR) is 92.0 cm³/mol. The summed E-state index contributed by atoms with van der Waals surface area (Å²) in [5.41, 5.74) is 2.29. The van der Waals surface area contributed by atoms with E-state index in [9.17, 15) is 9.59 Å². The highest BCUT2D eigenvalue weighted by Crippen LogP contribution is 2.22. The molecule has 0 aliphatic carbocycles. The van der Waals surface area contributed by atoms with Gasteiger partial charge in [0, 0.05) is 16.6 Å². The summed E-state index contributed by atoms with van der Waals surface area (Å²) in [6.45, 7) is 3.85. The lowest BCUT2D eigenvalue weighted by atomic mass is 10.1. The minimum atomic E-state index is -0.299. The molecule has 0 spiro atoms. The first kappa shape index (κ1) is 15.2. The van der Waals surface area contributed by atoms with Crippen LogP contribution < -0.4 is 10.9 Å². The van der Waals surface area contributed by atoms with Gasteiger partial charge in [-0.15, -0.1) is 11.3 Å². The summed E-state index contributed by atoms with van der Waals surface area (Å²) >= 11 is 1.43. The average molecular weight is 325 g/mol. The van der Waals surface area contributed by atoms with Gasteiger partial charge in [-0.05, 0) is 25.5 Å². The summed E-state index contributed by atoms with van der Waals surface area (Å²) < 4.78 is 0. The highest BCUT2D eigenvalue weighted by Gasteiger charge is 2.13. The second-order valence-electron chi connectivity index (χ2n) is 5.11. The smallest absolute Gasteiger partial charge is 0.258 e. The summed E-state index contributed by atoms with van der Waals surface area (Å²) in [6, 6.07) is 10.8. The van der Waals surface area contributed by atoms with Gasteiger partial charge in [-0.25, -0.2) is 4.98 Å². The van der Waals surface area contributed by atoms with Crippen LogP contribution in [0.15, 0.2) is 47.4 Å². The van der Waals surface area contributed by atoms with Crippen LogP contribution in [0.4, 0.5) is 5.13 Å². The van der Waals surface area contributed by atoms with Gasteiger partial charge in [0.25, 0.3) is 11.5 Å². The molecule has 5 nitrogen and oxygen atoms in total. The molecule has 23 heavy (non-hydrogen) atoms. The molecule has 6 heteroatoms. The minimum Gasteiger partial charge on any atom is -0.328 e. The lowest BCUT2D eigenvalue weighted by molar-refractivity contribution is 0.102. The number of benzene rings is 1. The van der Waals surface area contributed by atoms with Crippen molar-refractivity contribution in [1.29, 1.82) is 0 Å². The van der Waals surface area contributed by atoms with E-state index >= 15 is 0 Å². The van der Waals surface area contributed by atoms with Crippen LogP contribution in [0.3, 0.4) is 0 Å². The van der Waals surface area contributed by atoms with Crippen LogP contribution in [0.25, 0.3) is 11.1 Å². The summed E-state index contributed by atoms with van der Waals surface area (Å²) in [7, 11) is 0. The van der Waals surface area contributed by atoms with E-state index in [1.165, 1.54) is 17.5 Å². The third kappa shape index (κ3) is 3.22. The van der Waals surface area contributed by atoms with Crippen molar-refractivity contribution in [3.8, 4) is 11.1 Å². The van der Waals surface area contributed by atoms with Crippen LogP contribution in [0, 0.1) is 13.8 Å². The second kappa shape index (κ2) is 6.18. The number of hydrogen-bond acceptors (Lipinski definition) is 4. The van der Waals surface area contributed by atoms with Crippen molar-refractivity contribution in [2.45, 2.75) is 13.8 Å². The Balaban J connectivity index is 1.91. The highest BCUT2D eigenvalue weighted by molar-refractivity contribution is 7.15. The molecular formula is C17H15N3O2S. The van der Waals surface area contributed by atoms with E-state index in [4.69, 9.17) is 0 Å². The third-order valence-corrected chi connectivity index (χ3v) is 4.49. The zero-order valence-corrected chi connectivity index (χ0v) is 13.5. The van der Waals surface area contributed by atoms with Crippen molar-refractivity contribution in [1.82, 2.24) is 9.97 Å². The van der Waals surface area contributed by atoms with Gasteiger partial charge < -0.3 is 4.98 Å². The number of amides is 1. The Kier molecular flexibility index (Phi) is 4.08. The highest BCUT2D eigenvalue weighted by atomic mass is 32.1. The topological polar surface area (TPSA) is 74.8 Å². The molecule has 0 aliphatic heterocycles. The van der Waals surface area contributed by atoms with Crippen LogP contribution in [-0.2, 0) is 0 Å². The molecule has 0 aliphatic rings. The molecule has 3 rings (SSSR count). The Morgan fingerprint density at radius 2 is 1.96 bits per heavy atom. The first-order valence-electron chi connectivity index (χ1n) is 7.08. The molecule has 0 atom stereocenters. The first-order valence-corrected chi connectivity index (χ1v) is 7.90. The van der Waals surface area contributed by atoms with Gasteiger partial charge in [-0.3, -0.25) is 14.9 Å². The Morgan fingerprint density at radius 3 is 2.61 bits per heavy atom. The number of H-pyrrole nitrogens is 1. The van der Waals surface area contributed by atoms with Crippen molar-refractivity contribution in [3.05, 3.63) is 69.1 Å². The number of hydrogen-bond donors (Lipinski definition) is 2. The van der Waals surface area contributed by atoms with Gasteiger partial charge in [0.2, 0.25) is 0 Å². The monoisotopic (exact) mass is 325 g/mol. The fourth-order valence-corrected chi connectivity index (χ4v) is 2.95. The number of aryl methyl sites for hydroxylation is 2. The van der Waals surface area contributed by atoms with Crippen molar-refractivity contribution >= 4 is 22.4 Å². The van der Waals surface area contributed by atoms with Gasteiger partial charge >= 0.3 is 0 Å². The molecule has 0 fully saturated rings. The number of aromatic amines is 1. The van der Waals surface area contributed by atoms with Gasteiger partial charge in [0.1, 0.15) is 0 Å². The molecule has 0 radical (unpaired) electrons. The van der Waals surface area contributed by atoms with Crippen LogP contribution >= 0.6 is 11.3 Å². The maximum atomic E-state index is 12.4. The Morgan fingerprint density at radius 1 is 1.22 bits per heavy atom. The van der Waals surface area contributed by atoms with E-state index in [2.05, 4.69) is 15.3 Å². The van der Waals surface area contributed by atoms with Crippen LogP contribution in [-0.4, -0.2) is 15.9 Å². The van der Waals surface area contributed by atoms with Crippen LogP contribution in [0.1, 0.15) is 20.9 Å². The zero-order valence-electron chi connectivity index (χ0n) is 12.7. The number of carbonyl (C=O) groups excluding carboxylic acids is 1. The second-order valence-corrected chi connectivity index (χ2v) is 6.32. The number of pyridine rings is 1. The molecule has 2 heterocycles. The fraction of sp³-hybridized carbons (Fsp3) is 0.118. The van der Waals surface area contributed by atoms with E-state index in [0.29, 0.717) is 16.3 Å². The fourth-order valence-electron chi connectivity index (χ4n) is 2.14. The normalized spacial score (nSPS) is 10.5. The van der Waals surface area contributed by atoms with Crippen molar-refractivity contribution < 1.29 is 4.79 Å². The first-order chi connectivity index (χ1) is 11.0. The number of nitrogens with one attached hydrogen (secondary N) is 2. The largest absolute Gasteiger partial charge is 0.328 e. The number of aromatic nitrogens is 2. The molecule has 3 aromatic rings. The van der Waals surface area contributed by atoms with Gasteiger partial charge in [0.15, 0.2) is 5.13 Å². The van der Waals surface area contributed by atoms with Crippen molar-refractivity contribution in [2.24, 2.45) is 0 Å². The van der Waals surface area contributed by atoms with E-state index in [0.717, 1.165) is 16.1 Å². The van der Waals surface area contributed by atoms with Crippen LogP contribution in [0.5, 0.6) is 0 Å². The van der Waals surface area contributed by atoms with Gasteiger partial charge in [0.05, 0.1) is 11.3 Å². The number of anilines is 1. The number of carbonyl (C=O) groups is 1. The molecule has 1 amide bonds. The predicted octanol–water partition coefficient (Wildman–Crippen LogP) is 3.37. The lowest BCUT2D eigenvalue weighted by Gasteiger charge is -2.05. The average Bonchev–Trinajstić information content (AvgIpc) is 2.86. The Bertz CT molecular complexity index is 894. The summed E-state index contributed by atoms with van der Waals surface area (Å²) in [5.74, 6) is -0.299. The standard InChI is InChI=1S/C17H15N3O2S/c1-10-11(2)23-17(19-10)20-15(21)13-8-14(16(22)18-9-13)12-6-4-3-5-7-12/h3-9H,1-2H3,(H,18,22)(H,19,20,21). The van der Waals surface area contributed by atoms with Gasteiger partial charge in [-0.1, -0.05) is 30.3 Å². The number of thiazole rings is 1. The summed E-state index contributed by atoms with van der Waals surface area (Å²) in [4.78, 5) is 32.3. The number of nitrogens with zero attached hydrogens (tertiary/aromatic N) is 1. The van der Waals surface area contributed by atoms with Crippen molar-refractivity contribution in [3.63, 3.8) is 0 Å². The Labute approximate surface area is 137 Å². The molecule has 0 saturated heterocycles. The van der Waals surface area contributed by atoms with Crippen molar-refractivity contribution in [2.75, 3.05) is 5.32 Å². The Hall–Kier alpha value is -2.73. The van der Waals surface area contributed by atoms with E-state index in [1.807, 2.05) is 44.2 Å². The van der Waals surface area contributed by atoms with Gasteiger partial charge in [-0.2, -0.15) is 0 Å². The third-order valence-electron chi connectivity index (χ3n) is 3.50. The quantitative estimate of drug-likeness (QED) is 0.775. The van der Waals surface area contributed by atoms with E-state index in [-0.39, 0.29) is 11.5 Å². The molecule has 2 N–H and O–H groups in total. The maximum absolute atomic E-state index is 12.4. The SMILES string of the molecule is Cc1nc(NC(=O)c2c[nH]c(=O)c(-c3ccccc3)c2)sc1C. The molecule has 0 saturated carbocycles. The summed E-state index contributed by atoms with van der Waals surface area (Å²) in [5, 5.41) is 3.32. The molecule has 0 bridgehead atoms. The molecular weight excluding hydrogens is 310 g/mol. The minimum absolute atomic E-state index is 0.228. The van der Waals surface area contributed by atoms with E-state index in [1.54, 1.807) is 6.07 Å². The van der Waals surface area contributed by atoms with Crippen LogP contribution in [0.2, 0.25) is 0 Å². The molecule has 1 aromatic carbocycles. The molecule has 116 valence electrons. The zero-order chi connectivity index (χ0) is 16.4. The van der Waals surface area contributed by atoms with E-state index < -0.39 is 0 Å². The summed E-state index contributed by atoms with van der Waals surface area (Å²) in [6.07, 6.45) is 1.41.